The fraction of sp³-hybridized carbons (Fsp3) is 0.929. The molecule has 4 heterocycles. The van der Waals surface area contributed by atoms with Gasteiger partial charge in [-0.3, -0.25) is 9.69 Å². The number of rotatable bonds is 0. The summed E-state index contributed by atoms with van der Waals surface area (Å²) in [5.74, 6) is 1.54. The quantitative estimate of drug-likeness (QED) is 0.679. The molecule has 4 fully saturated rings. The molecule has 18 heavy (non-hydrogen) atoms. The molecule has 4 rings (SSSR count). The first-order valence-electron chi connectivity index (χ1n) is 7.45. The van der Waals surface area contributed by atoms with Gasteiger partial charge in [0.15, 0.2) is 0 Å². The molecule has 5 unspecified atom stereocenters. The van der Waals surface area contributed by atoms with Crippen LogP contribution in [0.1, 0.15) is 32.1 Å². The number of piperidine rings is 3. The molecule has 100 valence electrons. The maximum atomic E-state index is 12.1. The largest absolute Gasteiger partial charge is 0.391 e. The van der Waals surface area contributed by atoms with Crippen LogP contribution in [0.3, 0.4) is 0 Å². The SMILES string of the molecule is O=C1CCCC2C3CC(CN12)C1C(O)CCN1C3. The fourth-order valence-corrected chi connectivity index (χ4v) is 4.98. The third-order valence-corrected chi connectivity index (χ3v) is 5.67. The summed E-state index contributed by atoms with van der Waals surface area (Å²) in [5, 5.41) is 10.2. The number of fused-ring (bicyclic) bond motifs is 6. The van der Waals surface area contributed by atoms with Crippen molar-refractivity contribution in [3.05, 3.63) is 0 Å². The number of aliphatic hydroxyl groups excluding tert-OH is 1. The van der Waals surface area contributed by atoms with Crippen LogP contribution in [-0.2, 0) is 4.79 Å². The number of hydrogen-bond donors (Lipinski definition) is 1. The molecule has 0 saturated carbocycles. The van der Waals surface area contributed by atoms with Crippen LogP contribution < -0.4 is 0 Å². The fourth-order valence-electron chi connectivity index (χ4n) is 4.98. The van der Waals surface area contributed by atoms with E-state index in [1.165, 1.54) is 12.8 Å². The summed E-state index contributed by atoms with van der Waals surface area (Å²) in [6.07, 6.45) is 5.01. The lowest BCUT2D eigenvalue weighted by atomic mass is 9.72. The standard InChI is InChI=1S/C14H22N2O2/c17-12-4-5-15-7-9-6-10(14(12)15)8-16-11(9)2-1-3-13(16)18/h9-12,14,17H,1-8H2. The van der Waals surface area contributed by atoms with E-state index in [1.807, 2.05) is 0 Å². The van der Waals surface area contributed by atoms with Gasteiger partial charge < -0.3 is 10.0 Å². The van der Waals surface area contributed by atoms with Gasteiger partial charge in [0.2, 0.25) is 5.91 Å². The average molecular weight is 250 g/mol. The molecular formula is C14H22N2O2. The van der Waals surface area contributed by atoms with Crippen LogP contribution >= 0.6 is 0 Å². The highest BCUT2D eigenvalue weighted by Crippen LogP contribution is 2.43. The minimum absolute atomic E-state index is 0.160. The summed E-state index contributed by atoms with van der Waals surface area (Å²) < 4.78 is 0. The predicted molar refractivity (Wildman–Crippen MR) is 66.9 cm³/mol. The maximum absolute atomic E-state index is 12.1. The second-order valence-electron chi connectivity index (χ2n) is 6.60. The molecule has 0 aromatic heterocycles. The van der Waals surface area contributed by atoms with Crippen LogP contribution in [0.5, 0.6) is 0 Å². The van der Waals surface area contributed by atoms with E-state index in [1.54, 1.807) is 0 Å². The van der Waals surface area contributed by atoms with Gasteiger partial charge in [0.25, 0.3) is 0 Å². The van der Waals surface area contributed by atoms with Crippen molar-refractivity contribution >= 4 is 5.91 Å². The molecule has 0 aromatic rings. The van der Waals surface area contributed by atoms with Gasteiger partial charge >= 0.3 is 0 Å². The molecule has 2 bridgehead atoms. The number of carbonyl (C=O) groups excluding carboxylic acids is 1. The van der Waals surface area contributed by atoms with Crippen LogP contribution in [0.2, 0.25) is 0 Å². The average Bonchev–Trinajstić information content (AvgIpc) is 2.73. The van der Waals surface area contributed by atoms with Crippen molar-refractivity contribution in [2.24, 2.45) is 11.8 Å². The zero-order valence-corrected chi connectivity index (χ0v) is 10.8. The maximum Gasteiger partial charge on any atom is 0.222 e. The Morgan fingerprint density at radius 3 is 2.94 bits per heavy atom. The van der Waals surface area contributed by atoms with E-state index in [0.29, 0.717) is 29.8 Å². The minimum atomic E-state index is -0.160. The van der Waals surface area contributed by atoms with Crippen molar-refractivity contribution in [3.63, 3.8) is 0 Å². The van der Waals surface area contributed by atoms with Crippen molar-refractivity contribution in [2.75, 3.05) is 19.6 Å². The molecule has 4 aliphatic rings. The molecule has 0 spiro atoms. The summed E-state index contributed by atoms with van der Waals surface area (Å²) in [7, 11) is 0. The lowest BCUT2D eigenvalue weighted by Crippen LogP contribution is -2.63. The first-order valence-corrected chi connectivity index (χ1v) is 7.45. The van der Waals surface area contributed by atoms with Crippen molar-refractivity contribution in [3.8, 4) is 0 Å². The van der Waals surface area contributed by atoms with Gasteiger partial charge in [0, 0.05) is 38.1 Å². The van der Waals surface area contributed by atoms with E-state index >= 15 is 0 Å². The number of amides is 1. The van der Waals surface area contributed by atoms with Gasteiger partial charge in [-0.1, -0.05) is 0 Å². The van der Waals surface area contributed by atoms with Crippen LogP contribution in [0.4, 0.5) is 0 Å². The van der Waals surface area contributed by atoms with Crippen molar-refractivity contribution in [1.29, 1.82) is 0 Å². The first-order chi connectivity index (χ1) is 8.74. The second kappa shape index (κ2) is 3.94. The molecule has 4 heteroatoms. The molecule has 4 nitrogen and oxygen atoms in total. The Hall–Kier alpha value is -0.610. The summed E-state index contributed by atoms with van der Waals surface area (Å²) in [5.41, 5.74) is 0. The third kappa shape index (κ3) is 1.48. The number of aliphatic hydroxyl groups is 1. The van der Waals surface area contributed by atoms with E-state index in [2.05, 4.69) is 9.80 Å². The van der Waals surface area contributed by atoms with Gasteiger partial charge in [-0.05, 0) is 37.5 Å². The highest BCUT2D eigenvalue weighted by atomic mass is 16.3. The van der Waals surface area contributed by atoms with E-state index in [-0.39, 0.29) is 6.10 Å². The molecular weight excluding hydrogens is 228 g/mol. The Labute approximate surface area is 108 Å². The van der Waals surface area contributed by atoms with E-state index in [0.717, 1.165) is 38.9 Å². The van der Waals surface area contributed by atoms with Crippen molar-refractivity contribution in [1.82, 2.24) is 9.80 Å². The molecule has 4 saturated heterocycles. The first kappa shape index (κ1) is 11.2. The summed E-state index contributed by atoms with van der Waals surface area (Å²) in [6, 6.07) is 0.832. The highest BCUT2D eigenvalue weighted by Gasteiger charge is 2.51. The van der Waals surface area contributed by atoms with Gasteiger partial charge in [0.1, 0.15) is 0 Å². The monoisotopic (exact) mass is 250 g/mol. The van der Waals surface area contributed by atoms with Crippen molar-refractivity contribution in [2.45, 2.75) is 50.3 Å². The van der Waals surface area contributed by atoms with E-state index < -0.39 is 0 Å². The number of nitrogens with zero attached hydrogens (tertiary/aromatic N) is 2. The smallest absolute Gasteiger partial charge is 0.222 e. The molecule has 4 aliphatic heterocycles. The Morgan fingerprint density at radius 2 is 2.06 bits per heavy atom. The Morgan fingerprint density at radius 1 is 1.17 bits per heavy atom. The third-order valence-electron chi connectivity index (χ3n) is 5.67. The molecule has 0 aliphatic carbocycles. The van der Waals surface area contributed by atoms with Crippen LogP contribution in [0.25, 0.3) is 0 Å². The van der Waals surface area contributed by atoms with Gasteiger partial charge in [-0.15, -0.1) is 0 Å². The molecule has 0 aromatic carbocycles. The van der Waals surface area contributed by atoms with E-state index in [4.69, 9.17) is 0 Å². The van der Waals surface area contributed by atoms with Gasteiger partial charge in [-0.25, -0.2) is 0 Å². The van der Waals surface area contributed by atoms with Crippen LogP contribution in [0, 0.1) is 11.8 Å². The molecule has 5 atom stereocenters. The zero-order chi connectivity index (χ0) is 12.3. The van der Waals surface area contributed by atoms with Gasteiger partial charge in [0.05, 0.1) is 6.10 Å². The Balaban J connectivity index is 1.62. The second-order valence-corrected chi connectivity index (χ2v) is 6.60. The van der Waals surface area contributed by atoms with Gasteiger partial charge in [-0.2, -0.15) is 0 Å². The molecule has 1 amide bonds. The summed E-state index contributed by atoms with van der Waals surface area (Å²) in [6.45, 7) is 3.06. The Kier molecular flexibility index (Phi) is 2.46. The Bertz CT molecular complexity index is 373. The highest BCUT2D eigenvalue weighted by molar-refractivity contribution is 5.77. The summed E-state index contributed by atoms with van der Waals surface area (Å²) >= 11 is 0. The van der Waals surface area contributed by atoms with Crippen LogP contribution in [-0.4, -0.2) is 58.6 Å². The minimum Gasteiger partial charge on any atom is -0.391 e. The lowest BCUT2D eigenvalue weighted by Gasteiger charge is -2.54. The zero-order valence-electron chi connectivity index (χ0n) is 10.8. The van der Waals surface area contributed by atoms with E-state index in [9.17, 15) is 9.90 Å². The molecule has 1 N–H and O–H groups in total. The molecule has 0 radical (unpaired) electrons. The number of carbonyl (C=O) groups is 1. The number of hydrogen-bond acceptors (Lipinski definition) is 3. The van der Waals surface area contributed by atoms with Crippen LogP contribution in [0.15, 0.2) is 0 Å². The topological polar surface area (TPSA) is 43.8 Å². The summed E-state index contributed by atoms with van der Waals surface area (Å²) in [4.78, 5) is 16.7. The lowest BCUT2D eigenvalue weighted by molar-refractivity contribution is -0.148. The predicted octanol–water partition coefficient (Wildman–Crippen LogP) is 0.452. The van der Waals surface area contributed by atoms with Crippen molar-refractivity contribution < 1.29 is 9.90 Å². The normalized spacial score (nSPS) is 47.9.